The SMILES string of the molecule is CCCCCCCCCCCCOCC(COP(=O)([O-])OCC[N+](C)(C)C)OC(=O)CCC. The van der Waals surface area contributed by atoms with Crippen LogP contribution in [0, 0.1) is 0 Å². The molecule has 0 aliphatic heterocycles. The number of esters is 1. The number of carbonyl (C=O) groups excluding carboxylic acids is 1. The Kier molecular flexibility index (Phi) is 19.5. The van der Waals surface area contributed by atoms with Gasteiger partial charge < -0.3 is 27.9 Å². The van der Waals surface area contributed by atoms with Crippen LogP contribution in [-0.2, 0) is 27.9 Å². The first-order chi connectivity index (χ1) is 15.6. The summed E-state index contributed by atoms with van der Waals surface area (Å²) < 4.78 is 33.4. The van der Waals surface area contributed by atoms with Crippen molar-refractivity contribution in [3.8, 4) is 0 Å². The zero-order chi connectivity index (χ0) is 25.0. The zero-order valence-electron chi connectivity index (χ0n) is 21.9. The zero-order valence-corrected chi connectivity index (χ0v) is 22.7. The van der Waals surface area contributed by atoms with E-state index >= 15 is 0 Å². The summed E-state index contributed by atoms with van der Waals surface area (Å²) in [7, 11) is 1.35. The van der Waals surface area contributed by atoms with Crippen LogP contribution in [0.2, 0.25) is 0 Å². The Bertz CT molecular complexity index is 525. The molecule has 0 spiro atoms. The molecule has 0 aromatic rings. The maximum absolute atomic E-state index is 12.0. The molecule has 0 saturated carbocycles. The van der Waals surface area contributed by atoms with Crippen LogP contribution in [0.3, 0.4) is 0 Å². The van der Waals surface area contributed by atoms with Crippen molar-refractivity contribution in [2.75, 3.05) is 54.1 Å². The lowest BCUT2D eigenvalue weighted by Gasteiger charge is -2.28. The first-order valence-corrected chi connectivity index (χ1v) is 14.2. The lowest BCUT2D eigenvalue weighted by atomic mass is 10.1. The predicted molar refractivity (Wildman–Crippen MR) is 130 cm³/mol. The number of hydrogen-bond acceptors (Lipinski definition) is 7. The number of rotatable bonds is 23. The van der Waals surface area contributed by atoms with E-state index in [9.17, 15) is 14.3 Å². The Hall–Kier alpha value is -0.500. The van der Waals surface area contributed by atoms with Gasteiger partial charge >= 0.3 is 5.97 Å². The Morgan fingerprint density at radius 1 is 0.818 bits per heavy atom. The molecule has 198 valence electrons. The molecule has 0 heterocycles. The second kappa shape index (κ2) is 19.8. The lowest BCUT2D eigenvalue weighted by Crippen LogP contribution is -2.37. The van der Waals surface area contributed by atoms with E-state index in [1.165, 1.54) is 51.4 Å². The summed E-state index contributed by atoms with van der Waals surface area (Å²) in [4.78, 5) is 23.9. The minimum atomic E-state index is -4.47. The highest BCUT2D eigenvalue weighted by atomic mass is 31.2. The normalized spacial score (nSPS) is 14.7. The fourth-order valence-electron chi connectivity index (χ4n) is 3.11. The number of hydrogen-bond donors (Lipinski definition) is 0. The fraction of sp³-hybridized carbons (Fsp3) is 0.958. The number of quaternary nitrogens is 1. The van der Waals surface area contributed by atoms with Crippen molar-refractivity contribution in [2.45, 2.75) is 97.0 Å². The summed E-state index contributed by atoms with van der Waals surface area (Å²) in [6, 6.07) is 0. The summed E-state index contributed by atoms with van der Waals surface area (Å²) in [5.41, 5.74) is 0. The number of likely N-dealkylation sites (N-methyl/N-ethyl adjacent to an activating group) is 1. The number of nitrogens with zero attached hydrogens (tertiary/aromatic N) is 1. The van der Waals surface area contributed by atoms with E-state index in [-0.39, 0.29) is 32.2 Å². The summed E-state index contributed by atoms with van der Waals surface area (Å²) >= 11 is 0. The first kappa shape index (κ1) is 32.5. The van der Waals surface area contributed by atoms with Gasteiger partial charge in [-0.05, 0) is 12.8 Å². The van der Waals surface area contributed by atoms with Crippen molar-refractivity contribution in [3.63, 3.8) is 0 Å². The van der Waals surface area contributed by atoms with Gasteiger partial charge in [0.1, 0.15) is 19.3 Å². The van der Waals surface area contributed by atoms with Gasteiger partial charge in [0.2, 0.25) is 0 Å². The van der Waals surface area contributed by atoms with Crippen LogP contribution in [0.5, 0.6) is 0 Å². The molecular formula is C24H50NO7P. The molecule has 0 aliphatic carbocycles. The number of phosphoric acid groups is 1. The molecule has 0 amide bonds. The van der Waals surface area contributed by atoms with Crippen LogP contribution in [0.25, 0.3) is 0 Å². The molecule has 0 N–H and O–H groups in total. The Morgan fingerprint density at radius 3 is 1.94 bits per heavy atom. The topological polar surface area (TPSA) is 94.1 Å². The van der Waals surface area contributed by atoms with Crippen molar-refractivity contribution < 1.29 is 37.3 Å². The lowest BCUT2D eigenvalue weighted by molar-refractivity contribution is -0.870. The van der Waals surface area contributed by atoms with E-state index in [0.29, 0.717) is 24.1 Å². The number of ether oxygens (including phenoxy) is 2. The van der Waals surface area contributed by atoms with E-state index in [1.807, 2.05) is 28.1 Å². The van der Waals surface area contributed by atoms with Gasteiger partial charge in [-0.1, -0.05) is 71.6 Å². The van der Waals surface area contributed by atoms with Gasteiger partial charge in [-0.25, -0.2) is 0 Å². The number of unbranched alkanes of at least 4 members (excludes halogenated alkanes) is 9. The molecule has 9 heteroatoms. The molecule has 0 aliphatic rings. The molecule has 0 saturated heterocycles. The van der Waals surface area contributed by atoms with E-state index in [2.05, 4.69) is 6.92 Å². The molecule has 2 unspecified atom stereocenters. The van der Waals surface area contributed by atoms with Crippen molar-refractivity contribution >= 4 is 13.8 Å². The third-order valence-electron chi connectivity index (χ3n) is 5.13. The molecule has 0 radical (unpaired) electrons. The summed E-state index contributed by atoms with van der Waals surface area (Å²) in [6.07, 6.45) is 12.6. The monoisotopic (exact) mass is 495 g/mol. The Labute approximate surface area is 202 Å². The molecule has 2 atom stereocenters. The van der Waals surface area contributed by atoms with Crippen molar-refractivity contribution in [1.82, 2.24) is 0 Å². The van der Waals surface area contributed by atoms with Crippen LogP contribution in [0.1, 0.15) is 90.9 Å². The smallest absolute Gasteiger partial charge is 0.306 e. The molecule has 0 aromatic carbocycles. The Balaban J connectivity index is 4.13. The van der Waals surface area contributed by atoms with Crippen LogP contribution in [0.15, 0.2) is 0 Å². The predicted octanol–water partition coefficient (Wildman–Crippen LogP) is 4.84. The van der Waals surface area contributed by atoms with E-state index in [4.69, 9.17) is 18.5 Å². The molecule has 0 fully saturated rings. The van der Waals surface area contributed by atoms with Gasteiger partial charge in [-0.2, -0.15) is 0 Å². The van der Waals surface area contributed by atoms with Crippen LogP contribution in [0.4, 0.5) is 0 Å². The molecule has 0 bridgehead atoms. The van der Waals surface area contributed by atoms with Crippen LogP contribution >= 0.6 is 7.82 Å². The van der Waals surface area contributed by atoms with Gasteiger partial charge in [-0.15, -0.1) is 0 Å². The van der Waals surface area contributed by atoms with Gasteiger partial charge in [0, 0.05) is 13.0 Å². The van der Waals surface area contributed by atoms with Crippen molar-refractivity contribution in [3.05, 3.63) is 0 Å². The summed E-state index contributed by atoms with van der Waals surface area (Å²) in [6.45, 7) is 5.00. The van der Waals surface area contributed by atoms with E-state index in [0.717, 1.165) is 12.8 Å². The summed E-state index contributed by atoms with van der Waals surface area (Å²) in [5.74, 6) is -0.389. The minimum Gasteiger partial charge on any atom is -0.756 e. The summed E-state index contributed by atoms with van der Waals surface area (Å²) in [5, 5.41) is 0. The number of phosphoric ester groups is 1. The second-order valence-corrected chi connectivity index (χ2v) is 11.1. The van der Waals surface area contributed by atoms with Crippen LogP contribution in [-0.4, -0.2) is 70.7 Å². The maximum atomic E-state index is 12.0. The molecular weight excluding hydrogens is 445 g/mol. The fourth-order valence-corrected chi connectivity index (χ4v) is 3.84. The third kappa shape index (κ3) is 23.0. The average Bonchev–Trinajstić information content (AvgIpc) is 2.71. The van der Waals surface area contributed by atoms with Gasteiger partial charge in [-0.3, -0.25) is 9.36 Å². The molecule has 0 aromatic heterocycles. The van der Waals surface area contributed by atoms with Crippen molar-refractivity contribution in [2.24, 2.45) is 0 Å². The maximum Gasteiger partial charge on any atom is 0.306 e. The third-order valence-corrected chi connectivity index (χ3v) is 6.09. The highest BCUT2D eigenvalue weighted by molar-refractivity contribution is 7.45. The van der Waals surface area contributed by atoms with Gasteiger partial charge in [0.05, 0.1) is 34.4 Å². The first-order valence-electron chi connectivity index (χ1n) is 12.8. The molecule has 0 rings (SSSR count). The standard InChI is InChI=1S/C24H50NO7P/c1-6-8-9-10-11-12-13-14-15-16-19-29-21-23(32-24(26)17-7-2)22-31-33(27,28)30-20-18-25(3,4)5/h23H,6-22H2,1-5H3. The van der Waals surface area contributed by atoms with Crippen molar-refractivity contribution in [1.29, 1.82) is 0 Å². The second-order valence-electron chi connectivity index (χ2n) is 9.71. The van der Waals surface area contributed by atoms with Gasteiger partial charge in [0.25, 0.3) is 7.82 Å². The number of carbonyl (C=O) groups is 1. The van der Waals surface area contributed by atoms with E-state index < -0.39 is 13.9 Å². The highest BCUT2D eigenvalue weighted by Crippen LogP contribution is 2.38. The largest absolute Gasteiger partial charge is 0.756 e. The van der Waals surface area contributed by atoms with E-state index in [1.54, 1.807) is 0 Å². The molecule has 33 heavy (non-hydrogen) atoms. The Morgan fingerprint density at radius 2 is 1.39 bits per heavy atom. The van der Waals surface area contributed by atoms with Crippen LogP contribution < -0.4 is 4.89 Å². The average molecular weight is 496 g/mol. The quantitative estimate of drug-likeness (QED) is 0.0866. The highest BCUT2D eigenvalue weighted by Gasteiger charge is 2.20. The van der Waals surface area contributed by atoms with Gasteiger partial charge in [0.15, 0.2) is 0 Å². The minimum absolute atomic E-state index is 0.0276. The molecule has 8 nitrogen and oxygen atoms in total.